The maximum Gasteiger partial charge on any atom is 0.0103 e. The molecule has 0 spiro atoms. The molecular weight excluding hydrogens is 170 g/mol. The first-order chi connectivity index (χ1) is 6.45. The van der Waals surface area contributed by atoms with E-state index in [0.717, 1.165) is 23.8 Å². The third-order valence-corrected chi connectivity index (χ3v) is 4.01. The van der Waals surface area contributed by atoms with E-state index in [-0.39, 0.29) is 0 Å². The van der Waals surface area contributed by atoms with Crippen LogP contribution >= 0.6 is 0 Å². The molecule has 0 radical (unpaired) electrons. The van der Waals surface area contributed by atoms with Gasteiger partial charge in [-0.3, -0.25) is 4.90 Å². The summed E-state index contributed by atoms with van der Waals surface area (Å²) in [6, 6.07) is 1.47. The van der Waals surface area contributed by atoms with Crippen LogP contribution in [0.3, 0.4) is 0 Å². The van der Waals surface area contributed by atoms with E-state index in [0.29, 0.717) is 6.04 Å². The van der Waals surface area contributed by atoms with Crippen molar-refractivity contribution in [3.8, 4) is 0 Å². The number of nitrogens with zero attached hydrogens (tertiary/aromatic N) is 1. The van der Waals surface area contributed by atoms with Crippen molar-refractivity contribution in [2.24, 2.45) is 17.8 Å². The van der Waals surface area contributed by atoms with Gasteiger partial charge in [0.1, 0.15) is 0 Å². The van der Waals surface area contributed by atoms with E-state index in [2.05, 4.69) is 46.4 Å². The third kappa shape index (κ3) is 2.31. The number of piperidine rings is 1. The lowest BCUT2D eigenvalue weighted by atomic mass is 9.74. The summed E-state index contributed by atoms with van der Waals surface area (Å²) in [6.45, 7) is 15.5. The Hall–Kier alpha value is -0.0400. The summed E-state index contributed by atoms with van der Waals surface area (Å²) in [4.78, 5) is 2.67. The van der Waals surface area contributed by atoms with Crippen LogP contribution in [0.15, 0.2) is 0 Å². The van der Waals surface area contributed by atoms with Crippen LogP contribution in [0.25, 0.3) is 0 Å². The van der Waals surface area contributed by atoms with E-state index in [4.69, 9.17) is 0 Å². The molecular formula is C13H27N. The van der Waals surface area contributed by atoms with Gasteiger partial charge in [-0.25, -0.2) is 0 Å². The molecule has 1 nitrogen and oxygen atoms in total. The monoisotopic (exact) mass is 197 g/mol. The minimum absolute atomic E-state index is 0.707. The highest BCUT2D eigenvalue weighted by atomic mass is 15.2. The van der Waals surface area contributed by atoms with Crippen LogP contribution in [-0.4, -0.2) is 23.5 Å². The lowest BCUT2D eigenvalue weighted by molar-refractivity contribution is 0.0193. The molecule has 0 bridgehead atoms. The van der Waals surface area contributed by atoms with Gasteiger partial charge in [-0.2, -0.15) is 0 Å². The molecule has 1 aliphatic rings. The van der Waals surface area contributed by atoms with Gasteiger partial charge in [-0.05, 0) is 51.5 Å². The first-order valence-corrected chi connectivity index (χ1v) is 6.20. The predicted octanol–water partition coefficient (Wildman–Crippen LogP) is 3.40. The molecule has 0 aromatic carbocycles. The van der Waals surface area contributed by atoms with Crippen LogP contribution < -0.4 is 0 Å². The van der Waals surface area contributed by atoms with Crippen molar-refractivity contribution in [1.82, 2.24) is 4.90 Å². The van der Waals surface area contributed by atoms with Crippen molar-refractivity contribution < 1.29 is 0 Å². The average molecular weight is 197 g/mol. The molecule has 1 aliphatic heterocycles. The third-order valence-electron chi connectivity index (χ3n) is 4.01. The Kier molecular flexibility index (Phi) is 4.00. The first kappa shape index (κ1) is 12.0. The summed E-state index contributed by atoms with van der Waals surface area (Å²) in [6.07, 6.45) is 1.38. The van der Waals surface area contributed by atoms with Gasteiger partial charge in [-0.1, -0.05) is 20.8 Å². The Morgan fingerprint density at radius 3 is 2.07 bits per heavy atom. The van der Waals surface area contributed by atoms with Crippen LogP contribution in [0.5, 0.6) is 0 Å². The second-order valence-corrected chi connectivity index (χ2v) is 5.66. The number of hydrogen-bond donors (Lipinski definition) is 0. The molecule has 1 heteroatoms. The highest BCUT2D eigenvalue weighted by Crippen LogP contribution is 2.34. The summed E-state index contributed by atoms with van der Waals surface area (Å²) in [5.74, 6) is 2.60. The van der Waals surface area contributed by atoms with Crippen LogP contribution in [0.1, 0.15) is 48.0 Å². The second-order valence-electron chi connectivity index (χ2n) is 5.66. The van der Waals surface area contributed by atoms with E-state index in [1.165, 1.54) is 13.0 Å². The van der Waals surface area contributed by atoms with Crippen LogP contribution in [-0.2, 0) is 0 Å². The van der Waals surface area contributed by atoms with Gasteiger partial charge in [0.15, 0.2) is 0 Å². The summed E-state index contributed by atoms with van der Waals surface area (Å²) in [5.41, 5.74) is 0. The molecule has 0 saturated carbocycles. The zero-order valence-corrected chi connectivity index (χ0v) is 10.7. The number of hydrogen-bond acceptors (Lipinski definition) is 1. The smallest absolute Gasteiger partial charge is 0.0103 e. The molecule has 1 saturated heterocycles. The number of rotatable bonds is 2. The molecule has 0 amide bonds. The van der Waals surface area contributed by atoms with Gasteiger partial charge in [-0.15, -0.1) is 0 Å². The van der Waals surface area contributed by atoms with E-state index in [9.17, 15) is 0 Å². The molecule has 84 valence electrons. The van der Waals surface area contributed by atoms with Gasteiger partial charge in [0.2, 0.25) is 0 Å². The largest absolute Gasteiger partial charge is 0.298 e. The topological polar surface area (TPSA) is 3.24 Å². The summed E-state index contributed by atoms with van der Waals surface area (Å²) >= 11 is 0. The molecule has 0 aromatic rings. The molecule has 0 aromatic heterocycles. The minimum Gasteiger partial charge on any atom is -0.298 e. The highest BCUT2D eigenvalue weighted by Gasteiger charge is 2.35. The summed E-state index contributed by atoms with van der Waals surface area (Å²) in [7, 11) is 0. The molecule has 0 N–H and O–H groups in total. The van der Waals surface area contributed by atoms with E-state index in [1.807, 2.05) is 0 Å². The predicted molar refractivity (Wildman–Crippen MR) is 63.4 cm³/mol. The van der Waals surface area contributed by atoms with Crippen LogP contribution in [0.2, 0.25) is 0 Å². The quantitative estimate of drug-likeness (QED) is 0.656. The van der Waals surface area contributed by atoms with Crippen molar-refractivity contribution in [3.05, 3.63) is 0 Å². The number of likely N-dealkylation sites (tertiary alicyclic amines) is 1. The van der Waals surface area contributed by atoms with Crippen molar-refractivity contribution in [2.45, 2.75) is 60.0 Å². The molecule has 1 fully saturated rings. The van der Waals surface area contributed by atoms with Crippen molar-refractivity contribution in [1.29, 1.82) is 0 Å². The fourth-order valence-electron chi connectivity index (χ4n) is 3.39. The van der Waals surface area contributed by atoms with Gasteiger partial charge >= 0.3 is 0 Å². The van der Waals surface area contributed by atoms with E-state index >= 15 is 0 Å². The van der Waals surface area contributed by atoms with Crippen molar-refractivity contribution >= 4 is 0 Å². The lowest BCUT2D eigenvalue weighted by Crippen LogP contribution is -2.51. The fraction of sp³-hybridized carbons (Fsp3) is 1.00. The maximum atomic E-state index is 2.67. The molecule has 0 aliphatic carbocycles. The zero-order valence-electron chi connectivity index (χ0n) is 10.7. The standard InChI is InChI=1S/C13H27N/c1-9(2)13-11(5)7-8-14(10(3)4)12(13)6/h9-13H,7-8H2,1-6H3. The molecule has 1 rings (SSSR count). The zero-order chi connectivity index (χ0) is 10.9. The molecule has 3 atom stereocenters. The summed E-state index contributed by atoms with van der Waals surface area (Å²) < 4.78 is 0. The Bertz CT molecular complexity index is 174. The Morgan fingerprint density at radius 1 is 1.07 bits per heavy atom. The maximum absolute atomic E-state index is 2.67. The Labute approximate surface area is 89.9 Å². The minimum atomic E-state index is 0.707. The SMILES string of the molecule is CC(C)C1C(C)CCN(C(C)C)C1C. The van der Waals surface area contributed by atoms with Crippen LogP contribution in [0, 0.1) is 17.8 Å². The Balaban J connectivity index is 2.72. The fourth-order valence-corrected chi connectivity index (χ4v) is 3.39. The normalized spacial score (nSPS) is 35.6. The van der Waals surface area contributed by atoms with Gasteiger partial charge in [0, 0.05) is 12.1 Å². The Morgan fingerprint density at radius 2 is 1.64 bits per heavy atom. The molecule has 1 heterocycles. The van der Waals surface area contributed by atoms with Crippen molar-refractivity contribution in [3.63, 3.8) is 0 Å². The average Bonchev–Trinajstić information content (AvgIpc) is 2.02. The second kappa shape index (κ2) is 4.65. The first-order valence-electron chi connectivity index (χ1n) is 6.20. The molecule has 14 heavy (non-hydrogen) atoms. The van der Waals surface area contributed by atoms with Gasteiger partial charge in [0.05, 0.1) is 0 Å². The highest BCUT2D eigenvalue weighted by molar-refractivity contribution is 4.88. The molecule has 3 unspecified atom stereocenters. The van der Waals surface area contributed by atoms with Crippen molar-refractivity contribution in [2.75, 3.05) is 6.54 Å². The van der Waals surface area contributed by atoms with E-state index < -0.39 is 0 Å². The van der Waals surface area contributed by atoms with Gasteiger partial charge < -0.3 is 0 Å². The lowest BCUT2D eigenvalue weighted by Gasteiger charge is -2.47. The summed E-state index contributed by atoms with van der Waals surface area (Å²) in [5, 5.41) is 0. The van der Waals surface area contributed by atoms with Crippen LogP contribution in [0.4, 0.5) is 0 Å². The van der Waals surface area contributed by atoms with E-state index in [1.54, 1.807) is 0 Å². The van der Waals surface area contributed by atoms with Gasteiger partial charge in [0.25, 0.3) is 0 Å².